The first-order valence-corrected chi connectivity index (χ1v) is 12.9. The van der Waals surface area contributed by atoms with Gasteiger partial charge in [0.25, 0.3) is 11.5 Å². The van der Waals surface area contributed by atoms with E-state index in [1.54, 1.807) is 6.07 Å². The third-order valence-electron chi connectivity index (χ3n) is 7.10. The van der Waals surface area contributed by atoms with Crippen LogP contribution in [0.25, 0.3) is 0 Å². The molecule has 0 fully saturated rings. The minimum absolute atomic E-state index is 0.0522. The van der Waals surface area contributed by atoms with E-state index in [9.17, 15) is 24.8 Å². The monoisotopic (exact) mass is 507 g/mol. The highest BCUT2D eigenvalue weighted by Crippen LogP contribution is 2.50. The van der Waals surface area contributed by atoms with Crippen molar-refractivity contribution in [3.63, 3.8) is 0 Å². The number of ether oxygens (including phenoxy) is 2. The molecule has 0 bridgehead atoms. The summed E-state index contributed by atoms with van der Waals surface area (Å²) < 4.78 is 12.4. The summed E-state index contributed by atoms with van der Waals surface area (Å²) >= 11 is 0. The number of carbonyl (C=O) groups excluding carboxylic acids is 2. The number of unbranched alkanes of at least 4 members (excludes halogenated alkanes) is 2. The van der Waals surface area contributed by atoms with Gasteiger partial charge in [-0.1, -0.05) is 31.4 Å². The molecular weight excluding hydrogens is 474 g/mol. The fourth-order valence-electron chi connectivity index (χ4n) is 5.34. The number of hydrogen-bond donors (Lipinski definition) is 1. The lowest BCUT2D eigenvalue weighted by Gasteiger charge is -2.39. The van der Waals surface area contributed by atoms with E-state index in [-0.39, 0.29) is 40.9 Å². The summed E-state index contributed by atoms with van der Waals surface area (Å²) in [6.07, 6.45) is 7.86. The molecule has 0 aromatic heterocycles. The van der Waals surface area contributed by atoms with Gasteiger partial charge in [0.1, 0.15) is 22.8 Å². The maximum atomic E-state index is 13.7. The minimum Gasteiger partial charge on any atom is -0.507 e. The quantitative estimate of drug-likeness (QED) is 0.133. The number of allylic oxidation sites excluding steroid dienone is 2. The van der Waals surface area contributed by atoms with Gasteiger partial charge in [0.15, 0.2) is 0 Å². The maximum absolute atomic E-state index is 13.7. The van der Waals surface area contributed by atoms with Crippen molar-refractivity contribution in [2.24, 2.45) is 0 Å². The van der Waals surface area contributed by atoms with E-state index < -0.39 is 16.7 Å². The van der Waals surface area contributed by atoms with Crippen molar-refractivity contribution < 1.29 is 29.1 Å². The number of fused-ring (bicyclic) bond motifs is 1. The van der Waals surface area contributed by atoms with E-state index in [4.69, 9.17) is 9.47 Å². The van der Waals surface area contributed by atoms with Gasteiger partial charge in [-0.2, -0.15) is 0 Å². The second-order valence-corrected chi connectivity index (χ2v) is 10.1. The molecule has 2 aromatic rings. The number of cyclic esters (lactones) is 1. The summed E-state index contributed by atoms with van der Waals surface area (Å²) in [5, 5.41) is 22.4. The van der Waals surface area contributed by atoms with Gasteiger partial charge in [0.05, 0.1) is 11.3 Å². The molecule has 196 valence electrons. The lowest BCUT2D eigenvalue weighted by atomic mass is 9.82. The highest BCUT2D eigenvalue weighted by Gasteiger charge is 2.48. The molecule has 2 atom stereocenters. The van der Waals surface area contributed by atoms with E-state index >= 15 is 0 Å². The molecule has 1 N–H and O–H groups in total. The van der Waals surface area contributed by atoms with Crippen molar-refractivity contribution in [1.29, 1.82) is 0 Å². The van der Waals surface area contributed by atoms with Crippen LogP contribution >= 0.6 is 0 Å². The highest BCUT2D eigenvalue weighted by atomic mass is 16.7. The summed E-state index contributed by atoms with van der Waals surface area (Å²) in [5.41, 5.74) is 2.81. The fraction of sp³-hybridized carbons (Fsp3) is 0.448. The lowest BCUT2D eigenvalue weighted by molar-refractivity contribution is -0.384. The van der Waals surface area contributed by atoms with Gasteiger partial charge >= 0.3 is 5.97 Å². The van der Waals surface area contributed by atoms with Gasteiger partial charge in [-0.05, 0) is 69.7 Å². The maximum Gasteiger partial charge on any atom is 0.345 e. The van der Waals surface area contributed by atoms with E-state index in [0.29, 0.717) is 23.1 Å². The molecule has 2 unspecified atom stereocenters. The van der Waals surface area contributed by atoms with Crippen LogP contribution in [-0.2, 0) is 21.7 Å². The zero-order valence-corrected chi connectivity index (χ0v) is 21.5. The third kappa shape index (κ3) is 5.38. The number of phenolic OH excluding ortho intramolecular Hbond substituents is 1. The molecule has 2 aromatic carbocycles. The molecule has 2 aliphatic rings. The number of esters is 1. The summed E-state index contributed by atoms with van der Waals surface area (Å²) in [7, 11) is 0. The van der Waals surface area contributed by atoms with Gasteiger partial charge in [-0.3, -0.25) is 14.9 Å². The number of hydrogen-bond acceptors (Lipinski definition) is 7. The standard InChI is InChI=1S/C29H33NO7/c1-4-5-6-9-21-16-24(32)25(20-10-7-8-18(2)15-20)27-26(21)28(33)37-29(36-27,17-19(3)31)22-11-13-23(14-12-22)30(34)35/h11-16,20,32H,4-10,17H2,1-3H3. The van der Waals surface area contributed by atoms with Crippen LogP contribution in [0.1, 0.15) is 98.7 Å². The number of benzene rings is 2. The Morgan fingerprint density at radius 3 is 2.57 bits per heavy atom. The molecule has 1 aliphatic carbocycles. The average Bonchev–Trinajstić information content (AvgIpc) is 2.83. The van der Waals surface area contributed by atoms with Crippen LogP contribution in [-0.4, -0.2) is 21.8 Å². The number of rotatable bonds is 9. The molecule has 0 amide bonds. The molecule has 0 saturated carbocycles. The summed E-state index contributed by atoms with van der Waals surface area (Å²) in [6.45, 7) is 5.50. The molecule has 1 aliphatic heterocycles. The smallest absolute Gasteiger partial charge is 0.345 e. The first-order valence-electron chi connectivity index (χ1n) is 12.9. The number of aryl methyl sites for hydroxylation is 1. The SMILES string of the molecule is CCCCCc1cc(O)c(C2C=C(C)CCC2)c2c1C(=O)OC(CC(C)=O)(c1ccc([N+](=O)[O-])cc1)O2. The summed E-state index contributed by atoms with van der Waals surface area (Å²) in [6, 6.07) is 7.10. The molecule has 0 radical (unpaired) electrons. The first-order chi connectivity index (χ1) is 17.6. The van der Waals surface area contributed by atoms with Crippen LogP contribution in [0.5, 0.6) is 11.5 Å². The highest BCUT2D eigenvalue weighted by molar-refractivity contribution is 5.97. The molecule has 8 heteroatoms. The average molecular weight is 508 g/mol. The molecule has 4 rings (SSSR count). The number of aromatic hydroxyl groups is 1. The molecule has 8 nitrogen and oxygen atoms in total. The number of carbonyl (C=O) groups is 2. The molecule has 0 spiro atoms. The van der Waals surface area contributed by atoms with Gasteiger partial charge < -0.3 is 14.6 Å². The Bertz CT molecular complexity index is 1250. The molecule has 1 heterocycles. The molecule has 0 saturated heterocycles. The van der Waals surface area contributed by atoms with Crippen molar-refractivity contribution >= 4 is 17.4 Å². The van der Waals surface area contributed by atoms with Gasteiger partial charge in [-0.25, -0.2) is 4.79 Å². The Morgan fingerprint density at radius 1 is 1.22 bits per heavy atom. The van der Waals surface area contributed by atoms with Crippen molar-refractivity contribution in [3.8, 4) is 11.5 Å². The fourth-order valence-corrected chi connectivity index (χ4v) is 5.34. The second kappa shape index (κ2) is 10.7. The van der Waals surface area contributed by atoms with E-state index in [1.165, 1.54) is 36.8 Å². The van der Waals surface area contributed by atoms with Crippen LogP contribution < -0.4 is 4.74 Å². The van der Waals surface area contributed by atoms with E-state index in [2.05, 4.69) is 13.0 Å². The number of Topliss-reactive ketones (excluding diaryl/α,β-unsaturated/α-hetero) is 1. The van der Waals surface area contributed by atoms with Gasteiger partial charge in [-0.15, -0.1) is 0 Å². The lowest BCUT2D eigenvalue weighted by Crippen LogP contribution is -2.44. The zero-order valence-electron chi connectivity index (χ0n) is 21.5. The molecule has 37 heavy (non-hydrogen) atoms. The first kappa shape index (κ1) is 26.4. The zero-order chi connectivity index (χ0) is 26.7. The van der Waals surface area contributed by atoms with Crippen LogP contribution in [0.2, 0.25) is 0 Å². The number of non-ortho nitro benzene ring substituents is 1. The van der Waals surface area contributed by atoms with E-state index in [0.717, 1.165) is 38.5 Å². The van der Waals surface area contributed by atoms with Crippen molar-refractivity contribution in [1.82, 2.24) is 0 Å². The van der Waals surface area contributed by atoms with Gasteiger partial charge in [0, 0.05) is 29.2 Å². The number of nitro groups is 1. The third-order valence-corrected chi connectivity index (χ3v) is 7.10. The van der Waals surface area contributed by atoms with Crippen molar-refractivity contribution in [3.05, 3.63) is 74.3 Å². The summed E-state index contributed by atoms with van der Waals surface area (Å²) in [4.78, 5) is 36.7. The number of nitrogens with zero attached hydrogens (tertiary/aromatic N) is 1. The Labute approximate surface area is 216 Å². The topological polar surface area (TPSA) is 116 Å². The van der Waals surface area contributed by atoms with Crippen LogP contribution in [0, 0.1) is 10.1 Å². The Kier molecular flexibility index (Phi) is 7.66. The Balaban J connectivity index is 1.91. The van der Waals surface area contributed by atoms with Crippen LogP contribution in [0.15, 0.2) is 42.0 Å². The van der Waals surface area contributed by atoms with Crippen LogP contribution in [0.4, 0.5) is 5.69 Å². The summed E-state index contributed by atoms with van der Waals surface area (Å²) in [5.74, 6) is -2.60. The normalized spacial score (nSPS) is 20.9. The van der Waals surface area contributed by atoms with Crippen molar-refractivity contribution in [2.45, 2.75) is 83.8 Å². The number of ketones is 1. The van der Waals surface area contributed by atoms with Crippen molar-refractivity contribution in [2.75, 3.05) is 0 Å². The second-order valence-electron chi connectivity index (χ2n) is 10.1. The Hall–Kier alpha value is -3.68. The Morgan fingerprint density at radius 2 is 1.95 bits per heavy atom. The van der Waals surface area contributed by atoms with Gasteiger partial charge in [0.2, 0.25) is 0 Å². The van der Waals surface area contributed by atoms with E-state index in [1.807, 2.05) is 6.92 Å². The molecular formula is C29H33NO7. The predicted molar refractivity (Wildman–Crippen MR) is 138 cm³/mol. The predicted octanol–water partition coefficient (Wildman–Crippen LogP) is 6.63. The number of nitro benzene ring substituents is 1. The number of phenols is 1. The van der Waals surface area contributed by atoms with Crippen LogP contribution in [0.3, 0.4) is 0 Å². The largest absolute Gasteiger partial charge is 0.507 e. The minimum atomic E-state index is -1.80.